The molecule has 0 aliphatic carbocycles. The fourth-order valence-corrected chi connectivity index (χ4v) is 3.12. The van der Waals surface area contributed by atoms with E-state index >= 15 is 0 Å². The van der Waals surface area contributed by atoms with E-state index in [2.05, 4.69) is 33.3 Å². The van der Waals surface area contributed by atoms with Crippen LogP contribution >= 0.6 is 23.2 Å². The molecule has 0 aliphatic rings. The van der Waals surface area contributed by atoms with Crippen molar-refractivity contribution in [2.24, 2.45) is 10.2 Å². The Balaban J connectivity index is 1.79. The molecule has 3 aromatic rings. The molecule has 0 fully saturated rings. The summed E-state index contributed by atoms with van der Waals surface area (Å²) in [6.45, 7) is 1.54. The highest BCUT2D eigenvalue weighted by atomic mass is 35.5. The molecule has 0 saturated carbocycles. The SMILES string of the molecule is ClCCN(CCCl)c1ccc(N=Nc2cccc3ccccc23)cc1. The summed E-state index contributed by atoms with van der Waals surface area (Å²) in [6.07, 6.45) is 0. The summed E-state index contributed by atoms with van der Waals surface area (Å²) >= 11 is 11.7. The number of anilines is 1. The van der Waals surface area contributed by atoms with Crippen LogP contribution in [0.3, 0.4) is 0 Å². The Bertz CT molecular complexity index is 836. The molecule has 3 nitrogen and oxygen atoms in total. The standard InChI is InChI=1S/C20H19Cl2N3/c21-12-14-25(15-13-22)18-10-8-17(9-11-18)23-24-20-7-3-5-16-4-1-2-6-19(16)20/h1-11H,12-15H2. The van der Waals surface area contributed by atoms with Crippen LogP contribution in [0.2, 0.25) is 0 Å². The summed E-state index contributed by atoms with van der Waals surface area (Å²) < 4.78 is 0. The Kier molecular flexibility index (Phi) is 6.26. The zero-order valence-electron chi connectivity index (χ0n) is 13.8. The van der Waals surface area contributed by atoms with Gasteiger partial charge in [-0.2, -0.15) is 5.11 Å². The average Bonchev–Trinajstić information content (AvgIpc) is 2.66. The van der Waals surface area contributed by atoms with Crippen molar-refractivity contribution >= 4 is 51.0 Å². The molecular weight excluding hydrogens is 353 g/mol. The number of hydrogen-bond acceptors (Lipinski definition) is 3. The Morgan fingerprint density at radius 2 is 1.40 bits per heavy atom. The topological polar surface area (TPSA) is 28.0 Å². The van der Waals surface area contributed by atoms with E-state index in [1.807, 2.05) is 48.5 Å². The maximum atomic E-state index is 5.86. The van der Waals surface area contributed by atoms with Gasteiger partial charge in [-0.1, -0.05) is 36.4 Å². The number of benzene rings is 3. The lowest BCUT2D eigenvalue weighted by molar-refractivity contribution is 0.874. The molecule has 0 radical (unpaired) electrons. The lowest BCUT2D eigenvalue weighted by Crippen LogP contribution is -2.27. The predicted molar refractivity (Wildman–Crippen MR) is 108 cm³/mol. The summed E-state index contributed by atoms with van der Waals surface area (Å²) in [5, 5.41) is 11.1. The van der Waals surface area contributed by atoms with E-state index < -0.39 is 0 Å². The van der Waals surface area contributed by atoms with Gasteiger partial charge >= 0.3 is 0 Å². The first kappa shape index (κ1) is 17.7. The summed E-state index contributed by atoms with van der Waals surface area (Å²) in [5.41, 5.74) is 2.77. The minimum absolute atomic E-state index is 0.569. The lowest BCUT2D eigenvalue weighted by Gasteiger charge is -2.22. The maximum absolute atomic E-state index is 5.86. The van der Waals surface area contributed by atoms with E-state index in [4.69, 9.17) is 23.2 Å². The second-order valence-electron chi connectivity index (χ2n) is 5.58. The van der Waals surface area contributed by atoms with Gasteiger partial charge in [0.25, 0.3) is 0 Å². The summed E-state index contributed by atoms with van der Waals surface area (Å²) in [6, 6.07) is 22.2. The number of fused-ring (bicyclic) bond motifs is 1. The maximum Gasteiger partial charge on any atom is 0.0935 e. The van der Waals surface area contributed by atoms with Gasteiger partial charge in [0.15, 0.2) is 0 Å². The van der Waals surface area contributed by atoms with Gasteiger partial charge in [0.1, 0.15) is 0 Å². The Labute approximate surface area is 157 Å². The monoisotopic (exact) mass is 371 g/mol. The van der Waals surface area contributed by atoms with Crippen LogP contribution in [0.5, 0.6) is 0 Å². The molecule has 3 rings (SSSR count). The number of azo groups is 1. The summed E-state index contributed by atoms with van der Waals surface area (Å²) in [7, 11) is 0. The number of halogens is 2. The van der Waals surface area contributed by atoms with E-state index in [9.17, 15) is 0 Å². The second kappa shape index (κ2) is 8.84. The van der Waals surface area contributed by atoms with E-state index in [-0.39, 0.29) is 0 Å². The molecule has 0 amide bonds. The highest BCUT2D eigenvalue weighted by molar-refractivity contribution is 6.18. The van der Waals surface area contributed by atoms with Crippen LogP contribution < -0.4 is 4.90 Å². The van der Waals surface area contributed by atoms with Gasteiger partial charge < -0.3 is 4.90 Å². The predicted octanol–water partition coefficient (Wildman–Crippen LogP) is 6.54. The van der Waals surface area contributed by atoms with Crippen LogP contribution in [-0.4, -0.2) is 24.8 Å². The highest BCUT2D eigenvalue weighted by Crippen LogP contribution is 2.28. The summed E-state index contributed by atoms with van der Waals surface area (Å²) in [5.74, 6) is 1.14. The molecule has 0 spiro atoms. The largest absolute Gasteiger partial charge is 0.369 e. The van der Waals surface area contributed by atoms with Crippen LogP contribution in [0.4, 0.5) is 17.1 Å². The van der Waals surface area contributed by atoms with Gasteiger partial charge in [-0.25, -0.2) is 0 Å². The molecule has 0 atom stereocenters. The number of hydrogen-bond donors (Lipinski definition) is 0. The summed E-state index contributed by atoms with van der Waals surface area (Å²) in [4.78, 5) is 2.16. The van der Waals surface area contributed by atoms with Gasteiger partial charge in [-0.05, 0) is 35.7 Å². The Morgan fingerprint density at radius 1 is 0.720 bits per heavy atom. The van der Waals surface area contributed by atoms with Crippen LogP contribution in [0.25, 0.3) is 10.8 Å². The van der Waals surface area contributed by atoms with Crippen molar-refractivity contribution in [2.45, 2.75) is 0 Å². The first-order chi connectivity index (χ1) is 12.3. The van der Waals surface area contributed by atoms with Crippen molar-refractivity contribution < 1.29 is 0 Å². The fraction of sp³-hybridized carbons (Fsp3) is 0.200. The average molecular weight is 372 g/mol. The molecule has 0 heterocycles. The third kappa shape index (κ3) is 4.50. The molecule has 0 saturated heterocycles. The quantitative estimate of drug-likeness (QED) is 0.342. The van der Waals surface area contributed by atoms with E-state index in [1.165, 1.54) is 0 Å². The van der Waals surface area contributed by atoms with Crippen molar-refractivity contribution in [3.8, 4) is 0 Å². The Morgan fingerprint density at radius 3 is 2.12 bits per heavy atom. The molecule has 0 aromatic heterocycles. The van der Waals surface area contributed by atoms with E-state index in [0.29, 0.717) is 11.8 Å². The normalized spacial score (nSPS) is 11.3. The van der Waals surface area contributed by atoms with Gasteiger partial charge in [0, 0.05) is 35.9 Å². The van der Waals surface area contributed by atoms with Crippen LogP contribution in [0, 0.1) is 0 Å². The van der Waals surface area contributed by atoms with E-state index in [1.54, 1.807) is 0 Å². The molecule has 0 bridgehead atoms. The van der Waals surface area contributed by atoms with Crippen LogP contribution in [0.15, 0.2) is 77.0 Å². The van der Waals surface area contributed by atoms with Crippen LogP contribution in [-0.2, 0) is 0 Å². The minimum Gasteiger partial charge on any atom is -0.369 e. The molecule has 0 unspecified atom stereocenters. The van der Waals surface area contributed by atoms with Crippen molar-refractivity contribution in [1.29, 1.82) is 0 Å². The van der Waals surface area contributed by atoms with E-state index in [0.717, 1.165) is 40.9 Å². The van der Waals surface area contributed by atoms with Crippen molar-refractivity contribution in [1.82, 2.24) is 0 Å². The lowest BCUT2D eigenvalue weighted by atomic mass is 10.1. The van der Waals surface area contributed by atoms with Gasteiger partial charge in [-0.15, -0.1) is 28.3 Å². The smallest absolute Gasteiger partial charge is 0.0935 e. The zero-order chi connectivity index (χ0) is 17.5. The van der Waals surface area contributed by atoms with Crippen molar-refractivity contribution in [3.63, 3.8) is 0 Å². The van der Waals surface area contributed by atoms with Crippen molar-refractivity contribution in [3.05, 3.63) is 66.7 Å². The third-order valence-electron chi connectivity index (χ3n) is 3.96. The number of rotatable bonds is 7. The molecule has 0 N–H and O–H groups in total. The van der Waals surface area contributed by atoms with Crippen LogP contribution in [0.1, 0.15) is 0 Å². The van der Waals surface area contributed by atoms with Gasteiger partial charge in [0.05, 0.1) is 11.4 Å². The number of alkyl halides is 2. The molecule has 3 aromatic carbocycles. The molecular formula is C20H19Cl2N3. The Hall–Kier alpha value is -2.10. The zero-order valence-corrected chi connectivity index (χ0v) is 15.3. The number of nitrogens with zero attached hydrogens (tertiary/aromatic N) is 3. The minimum atomic E-state index is 0.569. The second-order valence-corrected chi connectivity index (χ2v) is 6.34. The molecule has 5 heteroatoms. The van der Waals surface area contributed by atoms with Gasteiger partial charge in [-0.3, -0.25) is 0 Å². The molecule has 0 aliphatic heterocycles. The van der Waals surface area contributed by atoms with Crippen molar-refractivity contribution in [2.75, 3.05) is 29.7 Å². The molecule has 128 valence electrons. The third-order valence-corrected chi connectivity index (χ3v) is 4.30. The first-order valence-electron chi connectivity index (χ1n) is 8.18. The first-order valence-corrected chi connectivity index (χ1v) is 9.25. The highest BCUT2D eigenvalue weighted by Gasteiger charge is 2.05. The van der Waals surface area contributed by atoms with Gasteiger partial charge in [0.2, 0.25) is 0 Å². The fourth-order valence-electron chi connectivity index (χ4n) is 2.71. The molecule has 25 heavy (non-hydrogen) atoms.